The zero-order chi connectivity index (χ0) is 14.8. The minimum Gasteiger partial charge on any atom is -0.382 e. The van der Waals surface area contributed by atoms with Crippen molar-refractivity contribution in [2.75, 3.05) is 17.7 Å². The Morgan fingerprint density at radius 2 is 2.19 bits per heavy atom. The van der Waals surface area contributed by atoms with Crippen LogP contribution in [0, 0.1) is 0 Å². The Morgan fingerprint density at radius 3 is 2.81 bits per heavy atom. The number of aromatic nitrogens is 1. The summed E-state index contributed by atoms with van der Waals surface area (Å²) in [6.45, 7) is 2.71. The van der Waals surface area contributed by atoms with Crippen molar-refractivity contribution in [3.05, 3.63) is 4.88 Å². The van der Waals surface area contributed by atoms with E-state index in [1.54, 1.807) is 0 Å². The molecule has 21 heavy (non-hydrogen) atoms. The van der Waals surface area contributed by atoms with Gasteiger partial charge in [0.1, 0.15) is 10.7 Å². The van der Waals surface area contributed by atoms with Crippen LogP contribution in [0.3, 0.4) is 0 Å². The number of hydrogen-bond donors (Lipinski definition) is 3. The second-order valence-corrected chi connectivity index (χ2v) is 6.72. The minimum atomic E-state index is -0.119. The zero-order valence-electron chi connectivity index (χ0n) is 12.2. The third-order valence-electron chi connectivity index (χ3n) is 4.12. The van der Waals surface area contributed by atoms with Crippen molar-refractivity contribution in [1.29, 1.82) is 0 Å². The number of nitrogen functional groups attached to an aromatic ring is 1. The summed E-state index contributed by atoms with van der Waals surface area (Å²) in [6.07, 6.45) is 5.64. The van der Waals surface area contributed by atoms with Crippen molar-refractivity contribution in [3.63, 3.8) is 0 Å². The number of carbonyl (C=O) groups is 1. The predicted molar refractivity (Wildman–Crippen MR) is 83.7 cm³/mol. The average molecular weight is 310 g/mol. The molecule has 2 aliphatic rings. The minimum absolute atomic E-state index is 0.119. The Hall–Kier alpha value is -1.34. The number of hydrogen-bond acceptors (Lipinski definition) is 6. The zero-order valence-corrected chi connectivity index (χ0v) is 13.0. The molecule has 1 amide bonds. The number of rotatable bonds is 6. The van der Waals surface area contributed by atoms with Gasteiger partial charge in [0.15, 0.2) is 5.13 Å². The highest BCUT2D eigenvalue weighted by molar-refractivity contribution is 7.18. The molecule has 0 spiro atoms. The molecule has 0 radical (unpaired) electrons. The van der Waals surface area contributed by atoms with Crippen LogP contribution in [-0.2, 0) is 4.74 Å². The molecule has 2 fully saturated rings. The lowest BCUT2D eigenvalue weighted by Crippen LogP contribution is -2.47. The van der Waals surface area contributed by atoms with Crippen LogP contribution in [0.25, 0.3) is 0 Å². The second kappa shape index (κ2) is 6.19. The van der Waals surface area contributed by atoms with Crippen LogP contribution >= 0.6 is 11.3 Å². The number of nitrogens with two attached hydrogens (primary N) is 1. The predicted octanol–water partition coefficient (Wildman–Crippen LogP) is 1.99. The van der Waals surface area contributed by atoms with Crippen molar-refractivity contribution >= 4 is 28.2 Å². The lowest BCUT2D eigenvalue weighted by molar-refractivity contribution is -0.00858. The van der Waals surface area contributed by atoms with E-state index in [1.807, 2.05) is 6.92 Å². The quantitative estimate of drug-likeness (QED) is 0.747. The number of nitrogens with one attached hydrogen (secondary N) is 2. The molecule has 1 aromatic heterocycles. The number of carbonyl (C=O) groups excluding carboxylic acids is 1. The summed E-state index contributed by atoms with van der Waals surface area (Å²) in [5.74, 6) is 0.201. The first-order valence-corrected chi connectivity index (χ1v) is 8.42. The molecule has 2 saturated carbocycles. The maximum absolute atomic E-state index is 12.2. The lowest BCUT2D eigenvalue weighted by Gasteiger charge is -2.35. The van der Waals surface area contributed by atoms with Gasteiger partial charge in [-0.3, -0.25) is 4.79 Å². The summed E-state index contributed by atoms with van der Waals surface area (Å²) in [6, 6.07) is 0.684. The summed E-state index contributed by atoms with van der Waals surface area (Å²) < 4.78 is 5.49. The van der Waals surface area contributed by atoms with Crippen molar-refractivity contribution in [3.8, 4) is 0 Å². The second-order valence-electron chi connectivity index (χ2n) is 5.72. The van der Waals surface area contributed by atoms with Gasteiger partial charge in [-0.15, -0.1) is 0 Å². The van der Waals surface area contributed by atoms with Crippen LogP contribution in [0.5, 0.6) is 0 Å². The van der Waals surface area contributed by atoms with Crippen molar-refractivity contribution in [2.24, 2.45) is 0 Å². The first kappa shape index (κ1) is 14.6. The molecule has 0 saturated heterocycles. The van der Waals surface area contributed by atoms with Gasteiger partial charge in [0, 0.05) is 18.7 Å². The number of amides is 1. The van der Waals surface area contributed by atoms with Gasteiger partial charge in [-0.05, 0) is 39.0 Å². The fourth-order valence-electron chi connectivity index (χ4n) is 2.59. The number of thiazole rings is 1. The Morgan fingerprint density at radius 1 is 1.43 bits per heavy atom. The highest BCUT2D eigenvalue weighted by Crippen LogP contribution is 2.30. The average Bonchev–Trinajstić information content (AvgIpc) is 2.72. The summed E-state index contributed by atoms with van der Waals surface area (Å²) in [4.78, 5) is 17.0. The lowest BCUT2D eigenvalue weighted by atomic mass is 9.89. The third-order valence-corrected chi connectivity index (χ3v) is 5.13. The molecule has 116 valence electrons. The molecule has 7 heteroatoms. The molecule has 0 aromatic carbocycles. The van der Waals surface area contributed by atoms with Gasteiger partial charge >= 0.3 is 0 Å². The third kappa shape index (κ3) is 3.29. The van der Waals surface area contributed by atoms with Gasteiger partial charge in [0.25, 0.3) is 5.91 Å². The first-order chi connectivity index (χ1) is 10.2. The van der Waals surface area contributed by atoms with Crippen molar-refractivity contribution in [1.82, 2.24) is 10.3 Å². The van der Waals surface area contributed by atoms with Gasteiger partial charge < -0.3 is 21.1 Å². The molecular weight excluding hydrogens is 288 g/mol. The van der Waals surface area contributed by atoms with E-state index in [1.165, 1.54) is 30.6 Å². The molecule has 4 N–H and O–H groups in total. The highest BCUT2D eigenvalue weighted by Gasteiger charge is 2.32. The van der Waals surface area contributed by atoms with Crippen LogP contribution in [0.15, 0.2) is 0 Å². The van der Waals surface area contributed by atoms with Gasteiger partial charge in [-0.1, -0.05) is 11.3 Å². The van der Waals surface area contributed by atoms with E-state index < -0.39 is 0 Å². The van der Waals surface area contributed by atoms with Gasteiger partial charge in [0.2, 0.25) is 0 Å². The molecule has 2 aliphatic carbocycles. The Bertz CT molecular complexity index is 509. The molecule has 0 atom stereocenters. The van der Waals surface area contributed by atoms with Crippen molar-refractivity contribution < 1.29 is 9.53 Å². The normalized spacial score (nSPS) is 25.0. The molecular formula is C14H22N4O2S. The van der Waals surface area contributed by atoms with E-state index in [0.29, 0.717) is 16.7 Å². The van der Waals surface area contributed by atoms with E-state index >= 15 is 0 Å². The van der Waals surface area contributed by atoms with E-state index in [4.69, 9.17) is 10.5 Å². The molecule has 6 nitrogen and oxygen atoms in total. The van der Waals surface area contributed by atoms with E-state index in [-0.39, 0.29) is 18.1 Å². The smallest absolute Gasteiger partial charge is 0.265 e. The first-order valence-electron chi connectivity index (χ1n) is 7.61. The van der Waals surface area contributed by atoms with E-state index in [0.717, 1.165) is 24.6 Å². The SMILES string of the molecule is CCOC1CC(NC(=O)c2sc(NC3CCC3)nc2N)C1. The highest BCUT2D eigenvalue weighted by atomic mass is 32.1. The number of ether oxygens (including phenoxy) is 1. The monoisotopic (exact) mass is 310 g/mol. The van der Waals surface area contributed by atoms with E-state index in [2.05, 4.69) is 15.6 Å². The van der Waals surface area contributed by atoms with Crippen LogP contribution in [0.2, 0.25) is 0 Å². The fraction of sp³-hybridized carbons (Fsp3) is 0.714. The summed E-state index contributed by atoms with van der Waals surface area (Å²) >= 11 is 1.34. The number of anilines is 2. The Kier molecular flexibility index (Phi) is 4.30. The molecule has 0 bridgehead atoms. The topological polar surface area (TPSA) is 89.3 Å². The standard InChI is InChI=1S/C14H22N4O2S/c1-2-20-10-6-9(7-10)16-13(19)11-12(15)18-14(21-11)17-8-4-3-5-8/h8-10H,2-7,15H2,1H3,(H,16,19)(H,17,18). The maximum Gasteiger partial charge on any atom is 0.265 e. The summed E-state index contributed by atoms with van der Waals surface area (Å²) in [7, 11) is 0. The van der Waals surface area contributed by atoms with Crippen LogP contribution in [0.4, 0.5) is 10.9 Å². The summed E-state index contributed by atoms with van der Waals surface area (Å²) in [5.41, 5.74) is 5.86. The molecule has 0 aliphatic heterocycles. The summed E-state index contributed by atoms with van der Waals surface area (Å²) in [5, 5.41) is 7.08. The van der Waals surface area contributed by atoms with Crippen LogP contribution in [-0.4, -0.2) is 35.7 Å². The molecule has 1 aromatic rings. The largest absolute Gasteiger partial charge is 0.382 e. The van der Waals surface area contributed by atoms with Gasteiger partial charge in [-0.2, -0.15) is 0 Å². The van der Waals surface area contributed by atoms with E-state index in [9.17, 15) is 4.79 Å². The number of nitrogens with zero attached hydrogens (tertiary/aromatic N) is 1. The van der Waals surface area contributed by atoms with Crippen LogP contribution < -0.4 is 16.4 Å². The molecule has 1 heterocycles. The van der Waals surface area contributed by atoms with Crippen LogP contribution in [0.1, 0.15) is 48.7 Å². The van der Waals surface area contributed by atoms with Crippen molar-refractivity contribution in [2.45, 2.75) is 57.2 Å². The van der Waals surface area contributed by atoms with Gasteiger partial charge in [0.05, 0.1) is 6.10 Å². The Labute approximate surface area is 128 Å². The molecule has 0 unspecified atom stereocenters. The Balaban J connectivity index is 1.52. The molecule has 3 rings (SSSR count). The maximum atomic E-state index is 12.2. The fourth-order valence-corrected chi connectivity index (χ4v) is 3.45. The van der Waals surface area contributed by atoms with Gasteiger partial charge in [-0.25, -0.2) is 4.98 Å².